The van der Waals surface area contributed by atoms with Gasteiger partial charge in [-0.3, -0.25) is 15.0 Å². The van der Waals surface area contributed by atoms with E-state index in [1.165, 1.54) is 0 Å². The van der Waals surface area contributed by atoms with Crippen LogP contribution < -0.4 is 5.48 Å². The monoisotopic (exact) mass is 330 g/mol. The van der Waals surface area contributed by atoms with Gasteiger partial charge in [-0.05, 0) is 17.5 Å². The van der Waals surface area contributed by atoms with E-state index >= 15 is 0 Å². The lowest BCUT2D eigenvalue weighted by atomic mass is 10.2. The number of rotatable bonds is 11. The van der Waals surface area contributed by atoms with Gasteiger partial charge >= 0.3 is 0 Å². The molecule has 2 aromatic carbocycles. The lowest BCUT2D eigenvalue weighted by Crippen LogP contribution is -2.36. The van der Waals surface area contributed by atoms with Crippen LogP contribution in [0.2, 0.25) is 0 Å². The molecule has 0 aliphatic rings. The van der Waals surface area contributed by atoms with Crippen molar-refractivity contribution < 1.29 is 14.5 Å². The Labute approximate surface area is 141 Å². The molecule has 0 fully saturated rings. The topological polar surface area (TPSA) is 73.6 Å². The number of benzene rings is 2. The first kappa shape index (κ1) is 18.1. The van der Waals surface area contributed by atoms with Crippen LogP contribution in [0.15, 0.2) is 60.7 Å². The van der Waals surface area contributed by atoms with E-state index < -0.39 is 0 Å². The molecule has 0 aromatic heterocycles. The number of nitrogens with one attached hydrogen (secondary N) is 1. The van der Waals surface area contributed by atoms with Crippen molar-refractivity contribution >= 4 is 0 Å². The molecule has 0 spiro atoms. The molecule has 1 N–H and O–H groups in total. The normalized spacial score (nSPS) is 12.0. The Morgan fingerprint density at radius 3 is 2.12 bits per heavy atom. The molecular formula is C18H22N2O4. The van der Waals surface area contributed by atoms with Gasteiger partial charge in [-0.1, -0.05) is 60.7 Å². The molecule has 2 rings (SSSR count). The summed E-state index contributed by atoms with van der Waals surface area (Å²) in [5.41, 5.74) is 4.86. The minimum atomic E-state index is -0.389. The summed E-state index contributed by atoms with van der Waals surface area (Å²) in [6, 6.07) is 19.1. The molecule has 1 atom stereocenters. The van der Waals surface area contributed by atoms with Crippen LogP contribution in [0.3, 0.4) is 0 Å². The summed E-state index contributed by atoms with van der Waals surface area (Å²) in [5, 5.41) is 10.8. The summed E-state index contributed by atoms with van der Waals surface area (Å²) >= 11 is 0. The highest BCUT2D eigenvalue weighted by molar-refractivity contribution is 5.14. The van der Waals surface area contributed by atoms with Gasteiger partial charge in [-0.15, -0.1) is 0 Å². The van der Waals surface area contributed by atoms with Gasteiger partial charge < -0.3 is 4.74 Å². The van der Waals surface area contributed by atoms with Crippen molar-refractivity contribution in [2.45, 2.75) is 25.7 Å². The third-order valence-corrected chi connectivity index (χ3v) is 3.42. The molecule has 0 heterocycles. The van der Waals surface area contributed by atoms with E-state index in [1.807, 2.05) is 60.7 Å². The van der Waals surface area contributed by atoms with Gasteiger partial charge in [0.05, 0.1) is 19.3 Å². The first-order valence-electron chi connectivity index (χ1n) is 7.89. The van der Waals surface area contributed by atoms with Crippen molar-refractivity contribution in [3.8, 4) is 0 Å². The molecule has 6 nitrogen and oxygen atoms in total. The van der Waals surface area contributed by atoms with E-state index in [9.17, 15) is 10.1 Å². The van der Waals surface area contributed by atoms with Gasteiger partial charge in [0, 0.05) is 11.5 Å². The molecule has 0 bridgehead atoms. The van der Waals surface area contributed by atoms with Gasteiger partial charge in [0.15, 0.2) is 0 Å². The van der Waals surface area contributed by atoms with E-state index in [0.717, 1.165) is 11.1 Å². The van der Waals surface area contributed by atoms with E-state index in [-0.39, 0.29) is 17.5 Å². The minimum Gasteiger partial charge on any atom is -0.377 e. The maximum absolute atomic E-state index is 10.8. The van der Waals surface area contributed by atoms with Crippen LogP contribution in [0.4, 0.5) is 0 Å². The third kappa shape index (κ3) is 7.32. The highest BCUT2D eigenvalue weighted by Crippen LogP contribution is 2.03. The van der Waals surface area contributed by atoms with Crippen molar-refractivity contribution in [3.05, 3.63) is 81.9 Å². The molecule has 0 unspecified atom stereocenters. The molecule has 0 aliphatic heterocycles. The van der Waals surface area contributed by atoms with Crippen molar-refractivity contribution in [1.29, 1.82) is 0 Å². The number of nitro groups is 1. The van der Waals surface area contributed by atoms with E-state index in [4.69, 9.17) is 9.57 Å². The van der Waals surface area contributed by atoms with Gasteiger partial charge in [0.1, 0.15) is 0 Å². The lowest BCUT2D eigenvalue weighted by Gasteiger charge is -2.15. The average molecular weight is 330 g/mol. The Kier molecular flexibility index (Phi) is 7.89. The maximum atomic E-state index is 10.8. The summed E-state index contributed by atoms with van der Waals surface area (Å²) < 4.78 is 5.58. The van der Waals surface area contributed by atoms with E-state index in [0.29, 0.717) is 26.2 Å². The standard InChI is InChI=1S/C18H22N2O4/c21-20(22)13-18(19-24-15-17-9-5-2-6-10-17)11-12-23-14-16-7-3-1-4-8-16/h1-10,18-19H,11-15H2/t18-/m1/s1. The van der Waals surface area contributed by atoms with Crippen molar-refractivity contribution in [2.75, 3.05) is 13.2 Å². The van der Waals surface area contributed by atoms with Gasteiger partial charge in [-0.2, -0.15) is 5.48 Å². The van der Waals surface area contributed by atoms with Crippen LogP contribution in [0.25, 0.3) is 0 Å². The Hall–Kier alpha value is -2.28. The molecule has 24 heavy (non-hydrogen) atoms. The number of hydroxylamine groups is 1. The number of hydrogen-bond acceptors (Lipinski definition) is 5. The fourth-order valence-electron chi connectivity index (χ4n) is 2.17. The smallest absolute Gasteiger partial charge is 0.221 e. The number of nitrogens with zero attached hydrogens (tertiary/aromatic N) is 1. The quantitative estimate of drug-likeness (QED) is 0.389. The molecule has 0 saturated carbocycles. The largest absolute Gasteiger partial charge is 0.377 e. The Balaban J connectivity index is 1.68. The predicted molar refractivity (Wildman–Crippen MR) is 90.7 cm³/mol. The molecule has 128 valence electrons. The molecular weight excluding hydrogens is 308 g/mol. The van der Waals surface area contributed by atoms with Gasteiger partial charge in [-0.25, -0.2) is 0 Å². The second-order valence-electron chi connectivity index (χ2n) is 5.43. The molecule has 0 amide bonds. The first-order valence-corrected chi connectivity index (χ1v) is 7.89. The number of hydrogen-bond donors (Lipinski definition) is 1. The summed E-state index contributed by atoms with van der Waals surface area (Å²) in [5.74, 6) is 0. The molecule has 0 aliphatic carbocycles. The molecule has 2 aromatic rings. The van der Waals surface area contributed by atoms with Crippen molar-refractivity contribution in [2.24, 2.45) is 0 Å². The Morgan fingerprint density at radius 1 is 0.958 bits per heavy atom. The molecule has 6 heteroatoms. The van der Waals surface area contributed by atoms with E-state index in [2.05, 4.69) is 5.48 Å². The van der Waals surface area contributed by atoms with Crippen LogP contribution in [-0.4, -0.2) is 24.1 Å². The van der Waals surface area contributed by atoms with Crippen LogP contribution in [0.1, 0.15) is 17.5 Å². The summed E-state index contributed by atoms with van der Waals surface area (Å²) in [6.45, 7) is 1.08. The van der Waals surface area contributed by atoms with Gasteiger partial charge in [0.25, 0.3) is 0 Å². The van der Waals surface area contributed by atoms with Crippen molar-refractivity contribution in [3.63, 3.8) is 0 Å². The van der Waals surface area contributed by atoms with E-state index in [1.54, 1.807) is 0 Å². The van der Waals surface area contributed by atoms with Crippen LogP contribution in [0.5, 0.6) is 0 Å². The SMILES string of the molecule is O=[N+]([O-])C[C@@H](CCOCc1ccccc1)NOCc1ccccc1. The Bertz CT molecular complexity index is 592. The van der Waals surface area contributed by atoms with Crippen LogP contribution in [0, 0.1) is 10.1 Å². The second kappa shape index (κ2) is 10.5. The summed E-state index contributed by atoms with van der Waals surface area (Å²) in [4.78, 5) is 15.8. The fraction of sp³-hybridized carbons (Fsp3) is 0.333. The van der Waals surface area contributed by atoms with Crippen LogP contribution >= 0.6 is 0 Å². The zero-order chi connectivity index (χ0) is 17.0. The summed E-state index contributed by atoms with van der Waals surface area (Å²) in [7, 11) is 0. The highest BCUT2D eigenvalue weighted by atomic mass is 16.7. The van der Waals surface area contributed by atoms with Crippen molar-refractivity contribution in [1.82, 2.24) is 5.48 Å². The zero-order valence-corrected chi connectivity index (χ0v) is 13.5. The maximum Gasteiger partial charge on any atom is 0.221 e. The predicted octanol–water partition coefficient (Wildman–Crippen LogP) is 2.96. The third-order valence-electron chi connectivity index (χ3n) is 3.42. The zero-order valence-electron chi connectivity index (χ0n) is 13.5. The summed E-state index contributed by atoms with van der Waals surface area (Å²) in [6.07, 6.45) is 0.503. The first-order chi connectivity index (χ1) is 11.7. The molecule has 0 saturated heterocycles. The minimum absolute atomic E-state index is 0.205. The Morgan fingerprint density at radius 2 is 1.54 bits per heavy atom. The second-order valence-corrected chi connectivity index (χ2v) is 5.43. The van der Waals surface area contributed by atoms with Crippen LogP contribution in [-0.2, 0) is 22.8 Å². The average Bonchev–Trinajstić information content (AvgIpc) is 2.60. The fourth-order valence-corrected chi connectivity index (χ4v) is 2.17. The van der Waals surface area contributed by atoms with Gasteiger partial charge in [0.2, 0.25) is 6.54 Å². The molecule has 0 radical (unpaired) electrons. The highest BCUT2D eigenvalue weighted by Gasteiger charge is 2.15. The lowest BCUT2D eigenvalue weighted by molar-refractivity contribution is -0.486. The number of ether oxygens (including phenoxy) is 1.